The predicted molar refractivity (Wildman–Crippen MR) is 132 cm³/mol. The molecule has 2 aromatic heterocycles. The van der Waals surface area contributed by atoms with E-state index in [9.17, 15) is 4.79 Å². The molecule has 0 radical (unpaired) electrons. The van der Waals surface area contributed by atoms with Gasteiger partial charge in [-0.1, -0.05) is 65.9 Å². The fourth-order valence-electron chi connectivity index (χ4n) is 3.42. The summed E-state index contributed by atoms with van der Waals surface area (Å²) in [6, 6.07) is 26.9. The Morgan fingerprint density at radius 2 is 1.67 bits per heavy atom. The molecule has 33 heavy (non-hydrogen) atoms. The number of para-hydroxylation sites is 3. The number of hydrogen-bond donors (Lipinski definition) is 2. The van der Waals surface area contributed by atoms with Crippen molar-refractivity contribution in [2.45, 2.75) is 6.92 Å². The first-order valence-corrected chi connectivity index (χ1v) is 11.2. The number of carbonyl (C=O) groups is 1. The first-order valence-electron chi connectivity index (χ1n) is 10.4. The van der Waals surface area contributed by atoms with Crippen LogP contribution in [0.5, 0.6) is 0 Å². The molecule has 0 aliphatic heterocycles. The number of benzene rings is 3. The second kappa shape index (κ2) is 9.05. The maximum absolute atomic E-state index is 12.8. The van der Waals surface area contributed by atoms with Gasteiger partial charge in [-0.2, -0.15) is 5.10 Å². The molecule has 0 fully saturated rings. The van der Waals surface area contributed by atoms with Gasteiger partial charge >= 0.3 is 0 Å². The molecule has 5 aromatic rings. The summed E-state index contributed by atoms with van der Waals surface area (Å²) in [6.45, 7) is 1.91. The van der Waals surface area contributed by atoms with Gasteiger partial charge < -0.3 is 10.3 Å². The van der Waals surface area contributed by atoms with Crippen LogP contribution in [0.4, 0.5) is 5.69 Å². The predicted octanol–water partition coefficient (Wildman–Crippen LogP) is 4.99. The SMILES string of the molecule is C/C(=N/N=c1\sc(C(=O)Nc2ccccc2)nn1-c1ccccc1)c1c[nH]c2ccccc12. The van der Waals surface area contributed by atoms with Gasteiger partial charge in [0, 0.05) is 28.4 Å². The van der Waals surface area contributed by atoms with E-state index in [-0.39, 0.29) is 5.91 Å². The summed E-state index contributed by atoms with van der Waals surface area (Å²) in [5.41, 5.74) is 4.28. The number of aromatic amines is 1. The van der Waals surface area contributed by atoms with Crippen molar-refractivity contribution >= 4 is 39.5 Å². The third-order valence-electron chi connectivity index (χ3n) is 5.05. The third-order valence-corrected chi connectivity index (χ3v) is 5.95. The number of aromatic nitrogens is 3. The molecular formula is C25H20N6OS. The van der Waals surface area contributed by atoms with E-state index in [0.717, 1.165) is 27.9 Å². The highest BCUT2D eigenvalue weighted by atomic mass is 32.1. The average molecular weight is 453 g/mol. The van der Waals surface area contributed by atoms with Gasteiger partial charge in [0.2, 0.25) is 9.81 Å². The number of rotatable bonds is 5. The molecule has 0 aliphatic carbocycles. The van der Waals surface area contributed by atoms with Gasteiger partial charge in [0.05, 0.1) is 11.4 Å². The van der Waals surface area contributed by atoms with E-state index in [4.69, 9.17) is 0 Å². The molecule has 0 aliphatic rings. The molecule has 3 aromatic carbocycles. The number of anilines is 1. The Hall–Kier alpha value is -4.30. The van der Waals surface area contributed by atoms with Crippen LogP contribution in [-0.4, -0.2) is 26.4 Å². The summed E-state index contributed by atoms with van der Waals surface area (Å²) in [4.78, 5) is 16.6. The summed E-state index contributed by atoms with van der Waals surface area (Å²) in [5.74, 6) is -0.297. The second-order valence-electron chi connectivity index (χ2n) is 7.29. The number of amides is 1. The highest BCUT2D eigenvalue weighted by Gasteiger charge is 2.15. The van der Waals surface area contributed by atoms with Crippen molar-refractivity contribution in [1.29, 1.82) is 0 Å². The van der Waals surface area contributed by atoms with Gasteiger partial charge in [-0.05, 0) is 37.3 Å². The lowest BCUT2D eigenvalue weighted by atomic mass is 10.1. The van der Waals surface area contributed by atoms with E-state index in [1.807, 2.05) is 98.0 Å². The van der Waals surface area contributed by atoms with Gasteiger partial charge in [-0.25, -0.2) is 4.68 Å². The molecule has 0 saturated carbocycles. The van der Waals surface area contributed by atoms with Crippen molar-refractivity contribution < 1.29 is 4.79 Å². The Labute approximate surface area is 193 Å². The molecule has 0 unspecified atom stereocenters. The standard InChI is InChI=1S/C25H20N6OS/c1-17(21-16-26-22-15-9-8-14-20(21)22)28-29-25-31(19-12-6-3-7-13-19)30-24(33-25)23(32)27-18-10-4-2-5-11-18/h2-16,26H,1H3,(H,27,32)/b28-17-,29-25-. The van der Waals surface area contributed by atoms with E-state index in [0.29, 0.717) is 15.5 Å². The lowest BCUT2D eigenvalue weighted by Gasteiger charge is -2.02. The molecular weight excluding hydrogens is 432 g/mol. The topological polar surface area (TPSA) is 87.4 Å². The Morgan fingerprint density at radius 3 is 2.45 bits per heavy atom. The zero-order valence-corrected chi connectivity index (χ0v) is 18.6. The normalized spacial score (nSPS) is 12.3. The fraction of sp³-hybridized carbons (Fsp3) is 0.0400. The van der Waals surface area contributed by atoms with Crippen LogP contribution in [0, 0.1) is 0 Å². The first-order chi connectivity index (χ1) is 16.2. The molecule has 7 nitrogen and oxygen atoms in total. The van der Waals surface area contributed by atoms with E-state index >= 15 is 0 Å². The summed E-state index contributed by atoms with van der Waals surface area (Å²) in [6.07, 6.45) is 1.93. The van der Waals surface area contributed by atoms with Crippen LogP contribution in [0.1, 0.15) is 22.3 Å². The Kier molecular flexibility index (Phi) is 5.65. The van der Waals surface area contributed by atoms with Crippen LogP contribution in [0.15, 0.2) is 101 Å². The summed E-state index contributed by atoms with van der Waals surface area (Å²) >= 11 is 1.18. The maximum atomic E-state index is 12.8. The Bertz CT molecular complexity index is 1510. The number of nitrogens with one attached hydrogen (secondary N) is 2. The minimum atomic E-state index is -0.297. The second-order valence-corrected chi connectivity index (χ2v) is 8.25. The van der Waals surface area contributed by atoms with Gasteiger partial charge in [-0.15, -0.1) is 10.2 Å². The van der Waals surface area contributed by atoms with Crippen LogP contribution in [0.2, 0.25) is 0 Å². The zero-order chi connectivity index (χ0) is 22.6. The van der Waals surface area contributed by atoms with Crippen LogP contribution in [-0.2, 0) is 0 Å². The number of H-pyrrole nitrogens is 1. The molecule has 2 N–H and O–H groups in total. The van der Waals surface area contributed by atoms with Crippen molar-refractivity contribution in [3.05, 3.63) is 106 Å². The highest BCUT2D eigenvalue weighted by Crippen LogP contribution is 2.18. The quantitative estimate of drug-likeness (QED) is 0.291. The molecule has 0 bridgehead atoms. The number of carbonyl (C=O) groups excluding carboxylic acids is 1. The maximum Gasteiger partial charge on any atom is 0.286 e. The fourth-order valence-corrected chi connectivity index (χ4v) is 4.18. The van der Waals surface area contributed by atoms with Crippen LogP contribution < -0.4 is 10.1 Å². The molecule has 1 amide bonds. The molecule has 5 rings (SSSR count). The minimum Gasteiger partial charge on any atom is -0.360 e. The van der Waals surface area contributed by atoms with Crippen LogP contribution >= 0.6 is 11.3 Å². The largest absolute Gasteiger partial charge is 0.360 e. The van der Waals surface area contributed by atoms with Crippen molar-refractivity contribution in [3.8, 4) is 5.69 Å². The lowest BCUT2D eigenvalue weighted by Crippen LogP contribution is -2.15. The first kappa shape index (κ1) is 20.6. The zero-order valence-electron chi connectivity index (χ0n) is 17.8. The van der Waals surface area contributed by atoms with Crippen molar-refractivity contribution in [2.75, 3.05) is 5.32 Å². The van der Waals surface area contributed by atoms with Gasteiger partial charge in [0.15, 0.2) is 0 Å². The van der Waals surface area contributed by atoms with Crippen molar-refractivity contribution in [1.82, 2.24) is 14.8 Å². The monoisotopic (exact) mass is 452 g/mol. The van der Waals surface area contributed by atoms with Crippen molar-refractivity contribution in [3.63, 3.8) is 0 Å². The summed E-state index contributed by atoms with van der Waals surface area (Å²) in [5, 5.41) is 17.7. The Morgan fingerprint density at radius 1 is 0.970 bits per heavy atom. The van der Waals surface area contributed by atoms with Gasteiger partial charge in [-0.3, -0.25) is 4.79 Å². The van der Waals surface area contributed by atoms with Crippen LogP contribution in [0.25, 0.3) is 16.6 Å². The smallest absolute Gasteiger partial charge is 0.286 e. The molecule has 162 valence electrons. The van der Waals surface area contributed by atoms with E-state index in [2.05, 4.69) is 25.6 Å². The van der Waals surface area contributed by atoms with Crippen molar-refractivity contribution in [2.24, 2.45) is 10.2 Å². The molecule has 8 heteroatoms. The third kappa shape index (κ3) is 4.37. The van der Waals surface area contributed by atoms with Gasteiger partial charge in [0.25, 0.3) is 5.91 Å². The van der Waals surface area contributed by atoms with Gasteiger partial charge in [0.1, 0.15) is 0 Å². The summed E-state index contributed by atoms with van der Waals surface area (Å²) < 4.78 is 1.64. The molecule has 0 atom stereocenters. The molecule has 2 heterocycles. The lowest BCUT2D eigenvalue weighted by molar-refractivity contribution is 0.102. The van der Waals surface area contributed by atoms with E-state index in [1.165, 1.54) is 11.3 Å². The average Bonchev–Trinajstić information content (AvgIpc) is 3.49. The number of nitrogens with zero attached hydrogens (tertiary/aromatic N) is 4. The van der Waals surface area contributed by atoms with E-state index in [1.54, 1.807) is 4.68 Å². The van der Waals surface area contributed by atoms with Crippen LogP contribution in [0.3, 0.4) is 0 Å². The molecule has 0 saturated heterocycles. The number of fused-ring (bicyclic) bond motifs is 1. The minimum absolute atomic E-state index is 0.293. The molecule has 0 spiro atoms. The Balaban J connectivity index is 1.54. The summed E-state index contributed by atoms with van der Waals surface area (Å²) in [7, 11) is 0. The highest BCUT2D eigenvalue weighted by molar-refractivity contribution is 7.11. The number of hydrogen-bond acceptors (Lipinski definition) is 5. The van der Waals surface area contributed by atoms with E-state index < -0.39 is 0 Å².